The number of hydrogen-bond acceptors (Lipinski definition) is 7. The monoisotopic (exact) mass is 661 g/mol. The summed E-state index contributed by atoms with van der Waals surface area (Å²) in [6.07, 6.45) is 0.945. The Kier molecular flexibility index (Phi) is 9.96. The maximum Gasteiger partial charge on any atom is 0.248 e. The van der Waals surface area contributed by atoms with Crippen molar-refractivity contribution in [1.82, 2.24) is 19.7 Å². The third kappa shape index (κ3) is 7.65. The second-order valence-electron chi connectivity index (χ2n) is 14.0. The van der Waals surface area contributed by atoms with Gasteiger partial charge in [-0.05, 0) is 71.3 Å². The average Bonchev–Trinajstić information content (AvgIpc) is 3.09. The van der Waals surface area contributed by atoms with Crippen LogP contribution in [0.1, 0.15) is 45.1 Å². The van der Waals surface area contributed by atoms with E-state index in [0.29, 0.717) is 39.1 Å². The number of pyridine rings is 1. The summed E-state index contributed by atoms with van der Waals surface area (Å²) in [5.41, 5.74) is 9.36. The van der Waals surface area contributed by atoms with E-state index in [1.54, 1.807) is 6.07 Å². The molecule has 3 atom stereocenters. The van der Waals surface area contributed by atoms with Crippen molar-refractivity contribution < 1.29 is 15.0 Å². The predicted octanol–water partition coefficient (Wildman–Crippen LogP) is 3.30. The lowest BCUT2D eigenvalue weighted by Gasteiger charge is -2.42. The number of H-pyrrole nitrogens is 1. The minimum Gasteiger partial charge on any atom is -0.391 e. The fraction of sp³-hybridized carbons (Fsp3) is 0.400. The van der Waals surface area contributed by atoms with Gasteiger partial charge < -0.3 is 25.0 Å². The van der Waals surface area contributed by atoms with E-state index in [4.69, 9.17) is 0 Å². The summed E-state index contributed by atoms with van der Waals surface area (Å²) in [5.74, 6) is 0.0520. The minimum absolute atomic E-state index is 0.00969. The van der Waals surface area contributed by atoms with Crippen molar-refractivity contribution in [3.05, 3.63) is 134 Å². The summed E-state index contributed by atoms with van der Waals surface area (Å²) in [7, 11) is 0. The number of aliphatic hydroxyl groups excluding tert-OH is 2. The molecule has 1 aromatic heterocycles. The zero-order valence-electron chi connectivity index (χ0n) is 28.3. The van der Waals surface area contributed by atoms with Crippen LogP contribution in [-0.2, 0) is 30.6 Å². The Bertz CT molecular complexity index is 1840. The lowest BCUT2D eigenvalue weighted by atomic mass is 9.83. The second-order valence-corrected chi connectivity index (χ2v) is 14.0. The molecule has 3 aromatic carbocycles. The molecule has 0 saturated carbocycles. The Morgan fingerprint density at radius 2 is 1.55 bits per heavy atom. The molecule has 3 aliphatic heterocycles. The maximum atomic E-state index is 13.2. The molecule has 0 aliphatic carbocycles. The molecule has 3 unspecified atom stereocenters. The molecule has 1 saturated heterocycles. The summed E-state index contributed by atoms with van der Waals surface area (Å²) < 4.78 is 0. The molecule has 4 aromatic rings. The van der Waals surface area contributed by atoms with Crippen molar-refractivity contribution >= 4 is 11.6 Å². The molecule has 3 N–H and O–H groups in total. The maximum absolute atomic E-state index is 13.2. The number of aryl methyl sites for hydroxylation is 1. The van der Waals surface area contributed by atoms with Crippen LogP contribution in [-0.4, -0.2) is 100 Å². The topological polar surface area (TPSA) is 103 Å². The van der Waals surface area contributed by atoms with Gasteiger partial charge in [0.25, 0.3) is 0 Å². The van der Waals surface area contributed by atoms with E-state index < -0.39 is 12.2 Å². The van der Waals surface area contributed by atoms with Crippen molar-refractivity contribution in [2.75, 3.05) is 57.3 Å². The summed E-state index contributed by atoms with van der Waals surface area (Å²) in [6.45, 7) is 7.48. The first-order valence-corrected chi connectivity index (χ1v) is 17.6. The number of nitrogens with one attached hydrogen (secondary N) is 1. The highest BCUT2D eigenvalue weighted by atomic mass is 16.3. The van der Waals surface area contributed by atoms with Gasteiger partial charge >= 0.3 is 0 Å². The average molecular weight is 662 g/mol. The Morgan fingerprint density at radius 1 is 0.755 bits per heavy atom. The third-order valence-corrected chi connectivity index (χ3v) is 10.4. The standard InChI is InChI=1S/C40H47N5O4/c1-28-7-4-11-32(21-28)43-19-20-44(39(49)27-43)25-34(47)26-45-18-15-29-8-2-3-12-36(29)40(45)37-13-5-9-30-23-42(17-16-35(30)37)24-33(46)22-31-10-6-14-38(48)41-31/h2-14,21,33-34,40,46-47H,15-20,22-27H2,1H3,(H,41,48). The lowest BCUT2D eigenvalue weighted by molar-refractivity contribution is -0.132. The molecule has 0 spiro atoms. The lowest BCUT2D eigenvalue weighted by Crippen LogP contribution is -2.54. The quantitative estimate of drug-likeness (QED) is 0.240. The number of nitrogens with zero attached hydrogens (tertiary/aromatic N) is 4. The number of anilines is 1. The van der Waals surface area contributed by atoms with Crippen LogP contribution in [0.2, 0.25) is 0 Å². The van der Waals surface area contributed by atoms with Gasteiger partial charge in [-0.1, -0.05) is 60.7 Å². The highest BCUT2D eigenvalue weighted by molar-refractivity contribution is 5.83. The molecule has 1 amide bonds. The Hall–Kier alpha value is -4.28. The van der Waals surface area contributed by atoms with Crippen molar-refractivity contribution in [3.63, 3.8) is 0 Å². The van der Waals surface area contributed by atoms with Crippen LogP contribution >= 0.6 is 0 Å². The number of aliphatic hydroxyl groups is 2. The van der Waals surface area contributed by atoms with Gasteiger partial charge in [-0.3, -0.25) is 19.4 Å². The molecule has 256 valence electrons. The minimum atomic E-state index is -0.668. The number of carbonyl (C=O) groups is 1. The van der Waals surface area contributed by atoms with Crippen molar-refractivity contribution in [3.8, 4) is 0 Å². The molecule has 0 radical (unpaired) electrons. The third-order valence-electron chi connectivity index (χ3n) is 10.4. The first-order chi connectivity index (χ1) is 23.8. The smallest absolute Gasteiger partial charge is 0.248 e. The van der Waals surface area contributed by atoms with Gasteiger partial charge in [-0.25, -0.2) is 0 Å². The fourth-order valence-corrected chi connectivity index (χ4v) is 8.05. The van der Waals surface area contributed by atoms with Crippen LogP contribution in [0.5, 0.6) is 0 Å². The highest BCUT2D eigenvalue weighted by Gasteiger charge is 2.34. The van der Waals surface area contributed by atoms with E-state index in [1.165, 1.54) is 39.4 Å². The summed E-state index contributed by atoms with van der Waals surface area (Å²) >= 11 is 0. The molecule has 0 bridgehead atoms. The Morgan fingerprint density at radius 3 is 2.39 bits per heavy atom. The number of piperazine rings is 1. The number of carbonyl (C=O) groups excluding carboxylic acids is 1. The van der Waals surface area contributed by atoms with Crippen LogP contribution in [0.4, 0.5) is 5.69 Å². The Balaban J connectivity index is 1.04. The largest absolute Gasteiger partial charge is 0.391 e. The van der Waals surface area contributed by atoms with Crippen LogP contribution < -0.4 is 10.5 Å². The van der Waals surface area contributed by atoms with Crippen molar-refractivity contribution in [1.29, 1.82) is 0 Å². The van der Waals surface area contributed by atoms with E-state index in [-0.39, 0.29) is 17.5 Å². The molecule has 9 nitrogen and oxygen atoms in total. The van der Waals surface area contributed by atoms with E-state index >= 15 is 0 Å². The number of amides is 1. The Labute approximate surface area is 288 Å². The highest BCUT2D eigenvalue weighted by Crippen LogP contribution is 2.39. The van der Waals surface area contributed by atoms with E-state index in [1.807, 2.05) is 17.0 Å². The summed E-state index contributed by atoms with van der Waals surface area (Å²) in [5, 5.41) is 22.4. The summed E-state index contributed by atoms with van der Waals surface area (Å²) in [6, 6.07) is 28.6. The number of aromatic amines is 1. The number of aromatic nitrogens is 1. The molecule has 1 fully saturated rings. The normalized spacial score (nSPS) is 19.7. The van der Waals surface area contributed by atoms with Crippen molar-refractivity contribution in [2.24, 2.45) is 0 Å². The van der Waals surface area contributed by atoms with Crippen molar-refractivity contribution in [2.45, 2.75) is 51.0 Å². The van der Waals surface area contributed by atoms with Crippen LogP contribution in [0.3, 0.4) is 0 Å². The number of benzene rings is 3. The molecular formula is C40H47N5O4. The second kappa shape index (κ2) is 14.7. The zero-order chi connectivity index (χ0) is 33.9. The number of β-amino-alcohol motifs (C(OH)–C–C–N with tert-alkyl or cyclic N) is 2. The SMILES string of the molecule is Cc1cccc(N2CCN(CC(O)CN3CCc4ccccc4C3c3cccc4c3CCN(CC(O)Cc3cccc(=O)[nH]3)C4)C(=O)C2)c1. The van der Waals surface area contributed by atoms with Gasteiger partial charge in [0.15, 0.2) is 0 Å². The van der Waals surface area contributed by atoms with Gasteiger partial charge in [0, 0.05) is 76.2 Å². The van der Waals surface area contributed by atoms with E-state index in [0.717, 1.165) is 50.4 Å². The van der Waals surface area contributed by atoms with Crippen LogP contribution in [0.15, 0.2) is 89.7 Å². The molecule has 4 heterocycles. The first kappa shape index (κ1) is 33.2. The van der Waals surface area contributed by atoms with E-state index in [9.17, 15) is 19.8 Å². The number of fused-ring (bicyclic) bond motifs is 2. The number of hydrogen-bond donors (Lipinski definition) is 3. The van der Waals surface area contributed by atoms with Crippen LogP contribution in [0.25, 0.3) is 0 Å². The molecule has 49 heavy (non-hydrogen) atoms. The van der Waals surface area contributed by atoms with Gasteiger partial charge in [0.1, 0.15) is 0 Å². The van der Waals surface area contributed by atoms with Crippen LogP contribution in [0, 0.1) is 6.92 Å². The van der Waals surface area contributed by atoms with Gasteiger partial charge in [0.05, 0.1) is 24.8 Å². The molecule has 3 aliphatic rings. The first-order valence-electron chi connectivity index (χ1n) is 17.6. The predicted molar refractivity (Wildman–Crippen MR) is 192 cm³/mol. The van der Waals surface area contributed by atoms with Gasteiger partial charge in [-0.2, -0.15) is 0 Å². The molecular weight excluding hydrogens is 614 g/mol. The zero-order valence-corrected chi connectivity index (χ0v) is 28.3. The molecule has 9 heteroatoms. The van der Waals surface area contributed by atoms with Gasteiger partial charge in [0.2, 0.25) is 11.5 Å². The number of rotatable bonds is 10. The van der Waals surface area contributed by atoms with Gasteiger partial charge in [-0.15, -0.1) is 0 Å². The summed E-state index contributed by atoms with van der Waals surface area (Å²) in [4.78, 5) is 36.4. The fourth-order valence-electron chi connectivity index (χ4n) is 8.05. The van der Waals surface area contributed by atoms with E-state index in [2.05, 4.69) is 87.3 Å². The molecule has 7 rings (SSSR count).